The maximum atomic E-state index is 13.0. The van der Waals surface area contributed by atoms with E-state index in [1.165, 1.54) is 17.3 Å². The molecule has 1 aliphatic heterocycles. The summed E-state index contributed by atoms with van der Waals surface area (Å²) < 4.78 is 5.27. The monoisotopic (exact) mass is 444 g/mol. The molecule has 1 N–H and O–H groups in total. The minimum absolute atomic E-state index is 0.105. The van der Waals surface area contributed by atoms with Gasteiger partial charge >= 0.3 is 0 Å². The number of nitrogens with one attached hydrogen (secondary N) is 1. The first kappa shape index (κ1) is 21.7. The number of benzene rings is 3. The Bertz CT molecular complexity index is 1170. The molecule has 1 aliphatic rings. The number of ether oxygens (including phenoxy) is 1. The molecule has 0 radical (unpaired) electrons. The third-order valence-corrected chi connectivity index (χ3v) is 6.33. The number of hydrogen-bond donors (Lipinski definition) is 1. The molecule has 5 nitrogen and oxygen atoms in total. The lowest BCUT2D eigenvalue weighted by Crippen LogP contribution is -2.31. The SMILES string of the molecule is COc1cccc(/C=C2\Sc3ccc(C(=O)NCCc4ccccc4)cc3N(C)C2=O)c1. The number of carbonyl (C=O) groups is 2. The zero-order valence-electron chi connectivity index (χ0n) is 18.0. The second-order valence-corrected chi connectivity index (χ2v) is 8.51. The molecular weight excluding hydrogens is 420 g/mol. The summed E-state index contributed by atoms with van der Waals surface area (Å²) in [6, 6.07) is 23.1. The molecule has 2 amide bonds. The Morgan fingerprint density at radius 2 is 1.88 bits per heavy atom. The van der Waals surface area contributed by atoms with Gasteiger partial charge in [0.05, 0.1) is 17.7 Å². The van der Waals surface area contributed by atoms with Gasteiger partial charge in [0, 0.05) is 24.1 Å². The third-order valence-electron chi connectivity index (χ3n) is 5.25. The van der Waals surface area contributed by atoms with E-state index in [1.54, 1.807) is 31.2 Å². The van der Waals surface area contributed by atoms with Crippen LogP contribution < -0.4 is 15.0 Å². The van der Waals surface area contributed by atoms with Crippen molar-refractivity contribution in [3.05, 3.63) is 94.4 Å². The van der Waals surface area contributed by atoms with Gasteiger partial charge in [0.1, 0.15) is 5.75 Å². The molecule has 1 heterocycles. The average molecular weight is 445 g/mol. The van der Waals surface area contributed by atoms with Gasteiger partial charge in [-0.2, -0.15) is 0 Å². The van der Waals surface area contributed by atoms with E-state index in [4.69, 9.17) is 4.74 Å². The van der Waals surface area contributed by atoms with Gasteiger partial charge in [-0.15, -0.1) is 0 Å². The predicted octanol–water partition coefficient (Wildman–Crippen LogP) is 4.78. The molecule has 3 aromatic rings. The van der Waals surface area contributed by atoms with Crippen molar-refractivity contribution in [1.29, 1.82) is 0 Å². The summed E-state index contributed by atoms with van der Waals surface area (Å²) in [4.78, 5) is 28.7. The van der Waals surface area contributed by atoms with Crippen molar-refractivity contribution in [2.75, 3.05) is 25.6 Å². The van der Waals surface area contributed by atoms with Gasteiger partial charge in [-0.1, -0.05) is 54.2 Å². The molecule has 0 aliphatic carbocycles. The van der Waals surface area contributed by atoms with E-state index in [0.29, 0.717) is 17.0 Å². The van der Waals surface area contributed by atoms with Crippen LogP contribution in [0.4, 0.5) is 5.69 Å². The summed E-state index contributed by atoms with van der Waals surface area (Å²) in [6.07, 6.45) is 2.63. The Hall–Kier alpha value is -3.51. The van der Waals surface area contributed by atoms with Crippen LogP contribution in [0.3, 0.4) is 0 Å². The largest absolute Gasteiger partial charge is 0.497 e. The van der Waals surface area contributed by atoms with E-state index in [-0.39, 0.29) is 11.8 Å². The van der Waals surface area contributed by atoms with Crippen LogP contribution in [0.5, 0.6) is 5.75 Å². The van der Waals surface area contributed by atoms with Crippen LogP contribution in [0.1, 0.15) is 21.5 Å². The standard InChI is InChI=1S/C26H24N2O3S/c1-28-22-17-20(25(29)27-14-13-18-7-4-3-5-8-18)11-12-23(22)32-24(26(28)30)16-19-9-6-10-21(15-19)31-2/h3-12,15-17H,13-14H2,1-2H3,(H,27,29)/b24-16-. The molecule has 0 fully saturated rings. The second kappa shape index (κ2) is 9.75. The lowest BCUT2D eigenvalue weighted by molar-refractivity contribution is -0.114. The van der Waals surface area contributed by atoms with Crippen LogP contribution in [0.25, 0.3) is 6.08 Å². The first-order valence-electron chi connectivity index (χ1n) is 10.3. The number of likely N-dealkylation sites (N-methyl/N-ethyl adjacent to an activating group) is 1. The van der Waals surface area contributed by atoms with Gasteiger partial charge in [-0.25, -0.2) is 0 Å². The Labute approximate surface area is 192 Å². The summed E-state index contributed by atoms with van der Waals surface area (Å²) in [5.74, 6) is 0.489. The topological polar surface area (TPSA) is 58.6 Å². The number of thioether (sulfide) groups is 1. The van der Waals surface area contributed by atoms with Crippen molar-refractivity contribution in [1.82, 2.24) is 5.32 Å². The van der Waals surface area contributed by atoms with Gasteiger partial charge in [-0.3, -0.25) is 9.59 Å². The van der Waals surface area contributed by atoms with Gasteiger partial charge in [0.2, 0.25) is 0 Å². The van der Waals surface area contributed by atoms with Crippen molar-refractivity contribution in [3.8, 4) is 5.75 Å². The van der Waals surface area contributed by atoms with E-state index in [2.05, 4.69) is 5.32 Å². The van der Waals surface area contributed by atoms with Crippen LogP contribution in [0.2, 0.25) is 0 Å². The molecule has 0 saturated carbocycles. The third kappa shape index (κ3) is 4.86. The van der Waals surface area contributed by atoms with E-state index < -0.39 is 0 Å². The number of fused-ring (bicyclic) bond motifs is 1. The molecule has 6 heteroatoms. The highest BCUT2D eigenvalue weighted by atomic mass is 32.2. The van der Waals surface area contributed by atoms with Crippen LogP contribution in [0.15, 0.2) is 82.6 Å². The quantitative estimate of drug-likeness (QED) is 0.556. The highest BCUT2D eigenvalue weighted by Gasteiger charge is 2.27. The van der Waals surface area contributed by atoms with E-state index in [1.807, 2.05) is 66.7 Å². The fourth-order valence-corrected chi connectivity index (χ4v) is 4.58. The lowest BCUT2D eigenvalue weighted by atomic mass is 10.1. The molecule has 0 unspecified atom stereocenters. The molecule has 0 atom stereocenters. The molecular formula is C26H24N2O3S. The lowest BCUT2D eigenvalue weighted by Gasteiger charge is -2.27. The number of nitrogens with zero attached hydrogens (tertiary/aromatic N) is 1. The van der Waals surface area contributed by atoms with Crippen LogP contribution >= 0.6 is 11.8 Å². The van der Waals surface area contributed by atoms with Crippen LogP contribution in [0, 0.1) is 0 Å². The van der Waals surface area contributed by atoms with Crippen molar-refractivity contribution in [3.63, 3.8) is 0 Å². The summed E-state index contributed by atoms with van der Waals surface area (Å²) >= 11 is 1.41. The molecule has 162 valence electrons. The maximum absolute atomic E-state index is 13.0. The summed E-state index contributed by atoms with van der Waals surface area (Å²) in [5.41, 5.74) is 3.34. The highest BCUT2D eigenvalue weighted by Crippen LogP contribution is 2.42. The molecule has 3 aromatic carbocycles. The highest BCUT2D eigenvalue weighted by molar-refractivity contribution is 8.04. The summed E-state index contributed by atoms with van der Waals surface area (Å²) in [5, 5.41) is 2.96. The van der Waals surface area contributed by atoms with Crippen molar-refractivity contribution in [2.45, 2.75) is 11.3 Å². The Balaban J connectivity index is 1.48. The minimum Gasteiger partial charge on any atom is -0.497 e. The fraction of sp³-hybridized carbons (Fsp3) is 0.154. The average Bonchev–Trinajstić information content (AvgIpc) is 2.83. The number of hydrogen-bond acceptors (Lipinski definition) is 4. The number of anilines is 1. The fourth-order valence-electron chi connectivity index (χ4n) is 3.48. The number of carbonyl (C=O) groups excluding carboxylic acids is 2. The van der Waals surface area contributed by atoms with Crippen molar-refractivity contribution < 1.29 is 14.3 Å². The zero-order chi connectivity index (χ0) is 22.5. The first-order valence-corrected chi connectivity index (χ1v) is 11.1. The summed E-state index contributed by atoms with van der Waals surface area (Å²) in [6.45, 7) is 0.552. The smallest absolute Gasteiger partial charge is 0.264 e. The molecule has 0 saturated heterocycles. The van der Waals surface area contributed by atoms with Gasteiger partial charge in [-0.05, 0) is 54.0 Å². The molecule has 32 heavy (non-hydrogen) atoms. The maximum Gasteiger partial charge on any atom is 0.264 e. The molecule has 0 bridgehead atoms. The normalized spacial score (nSPS) is 14.2. The zero-order valence-corrected chi connectivity index (χ0v) is 18.8. The first-order chi connectivity index (χ1) is 15.5. The predicted molar refractivity (Wildman–Crippen MR) is 129 cm³/mol. The van der Waals surface area contributed by atoms with Gasteiger partial charge in [0.25, 0.3) is 11.8 Å². The van der Waals surface area contributed by atoms with Gasteiger partial charge < -0.3 is 15.0 Å². The summed E-state index contributed by atoms with van der Waals surface area (Å²) in [7, 11) is 3.35. The Morgan fingerprint density at radius 1 is 1.06 bits per heavy atom. The Kier molecular flexibility index (Phi) is 6.61. The molecule has 0 spiro atoms. The molecule has 0 aromatic heterocycles. The van der Waals surface area contributed by atoms with Crippen LogP contribution in [-0.2, 0) is 11.2 Å². The van der Waals surface area contributed by atoms with E-state index >= 15 is 0 Å². The van der Waals surface area contributed by atoms with Crippen LogP contribution in [-0.4, -0.2) is 32.5 Å². The number of methoxy groups -OCH3 is 1. The van der Waals surface area contributed by atoms with E-state index in [9.17, 15) is 9.59 Å². The van der Waals surface area contributed by atoms with Crippen molar-refractivity contribution >= 4 is 35.3 Å². The van der Waals surface area contributed by atoms with E-state index in [0.717, 1.165) is 28.3 Å². The molecule has 4 rings (SSSR count). The minimum atomic E-state index is -0.146. The Morgan fingerprint density at radius 3 is 2.66 bits per heavy atom. The second-order valence-electron chi connectivity index (χ2n) is 7.43. The van der Waals surface area contributed by atoms with Gasteiger partial charge in [0.15, 0.2) is 0 Å². The number of amides is 2. The number of rotatable bonds is 6. The van der Waals surface area contributed by atoms with Crippen molar-refractivity contribution in [2.24, 2.45) is 0 Å².